The molecule has 2 heteroatoms. The van der Waals surface area contributed by atoms with Crippen LogP contribution in [0.5, 0.6) is 0 Å². The molecule has 166 valence electrons. The number of carbonyl (C=O) groups is 1. The summed E-state index contributed by atoms with van der Waals surface area (Å²) in [6.07, 6.45) is 31.9. The van der Waals surface area contributed by atoms with Gasteiger partial charge in [-0.3, -0.25) is 4.79 Å². The van der Waals surface area contributed by atoms with Gasteiger partial charge in [-0.25, -0.2) is 0 Å². The summed E-state index contributed by atoms with van der Waals surface area (Å²) in [7, 11) is 0. The molecule has 0 spiro atoms. The Balaban J connectivity index is 3.08. The second-order valence-electron chi connectivity index (χ2n) is 8.40. The molecule has 0 aliphatic carbocycles. The van der Waals surface area contributed by atoms with Crippen molar-refractivity contribution in [2.24, 2.45) is 0 Å². The van der Waals surface area contributed by atoms with Crippen LogP contribution in [0.2, 0.25) is 0 Å². The van der Waals surface area contributed by atoms with E-state index in [2.05, 4.69) is 19.1 Å². The summed E-state index contributed by atoms with van der Waals surface area (Å²) in [6.45, 7) is 4.36. The van der Waals surface area contributed by atoms with Crippen LogP contribution in [0.25, 0.3) is 0 Å². The molecule has 28 heavy (non-hydrogen) atoms. The van der Waals surface area contributed by atoms with Gasteiger partial charge in [-0.1, -0.05) is 115 Å². The van der Waals surface area contributed by atoms with E-state index in [9.17, 15) is 4.79 Å². The molecule has 0 aliphatic heterocycles. The Morgan fingerprint density at radius 2 is 0.929 bits per heavy atom. The lowest BCUT2D eigenvalue weighted by Gasteiger charge is -2.02. The van der Waals surface area contributed by atoms with E-state index in [0.29, 0.717) is 6.61 Å². The predicted octanol–water partition coefficient (Wildman–Crippen LogP) is 8.93. The van der Waals surface area contributed by atoms with E-state index >= 15 is 0 Å². The lowest BCUT2D eigenvalue weighted by Crippen LogP contribution is -1.99. The van der Waals surface area contributed by atoms with E-state index in [1.807, 2.05) is 0 Å². The largest absolute Gasteiger partial charge is 0.466 e. The van der Waals surface area contributed by atoms with Gasteiger partial charge in [0.05, 0.1) is 6.61 Å². The summed E-state index contributed by atoms with van der Waals surface area (Å²) in [4.78, 5) is 10.6. The van der Waals surface area contributed by atoms with E-state index < -0.39 is 0 Å². The molecular formula is C26H50O2. The van der Waals surface area contributed by atoms with Crippen molar-refractivity contribution in [3.05, 3.63) is 12.2 Å². The fourth-order valence-corrected chi connectivity index (χ4v) is 3.63. The Hall–Kier alpha value is -0.790. The topological polar surface area (TPSA) is 26.3 Å². The monoisotopic (exact) mass is 394 g/mol. The van der Waals surface area contributed by atoms with E-state index in [1.165, 1.54) is 129 Å². The van der Waals surface area contributed by atoms with Gasteiger partial charge in [-0.15, -0.1) is 0 Å². The molecule has 0 aliphatic rings. The molecular weight excluding hydrogens is 344 g/mol. The molecule has 0 saturated heterocycles. The van der Waals surface area contributed by atoms with E-state index in [0.717, 1.165) is 6.42 Å². The predicted molar refractivity (Wildman–Crippen MR) is 124 cm³/mol. The number of carbonyl (C=O) groups excluding carboxylic acids is 1. The molecule has 0 rings (SSSR count). The van der Waals surface area contributed by atoms with Gasteiger partial charge in [-0.2, -0.15) is 0 Å². The standard InChI is InChI=1S/C26H50O2/c1-3-4-5-6-7-8-9-10-11-12-13-14-15-16-17-18-19-20-21-22-23-24-25-28-26(2)27/h16-17H,3-15,18-25H2,1-2H3. The second-order valence-corrected chi connectivity index (χ2v) is 8.40. The van der Waals surface area contributed by atoms with Crippen molar-refractivity contribution in [2.45, 2.75) is 142 Å². The first-order valence-electron chi connectivity index (χ1n) is 12.6. The molecule has 0 unspecified atom stereocenters. The van der Waals surface area contributed by atoms with E-state index in [-0.39, 0.29) is 5.97 Å². The van der Waals surface area contributed by atoms with Crippen LogP contribution in [0, 0.1) is 0 Å². The van der Waals surface area contributed by atoms with Crippen molar-refractivity contribution >= 4 is 5.97 Å². The maximum Gasteiger partial charge on any atom is 0.302 e. The lowest BCUT2D eigenvalue weighted by molar-refractivity contribution is -0.141. The number of rotatable bonds is 22. The number of allylic oxidation sites excluding steroid dienone is 2. The van der Waals surface area contributed by atoms with Crippen LogP contribution in [-0.4, -0.2) is 12.6 Å². The molecule has 0 N–H and O–H groups in total. The van der Waals surface area contributed by atoms with E-state index in [4.69, 9.17) is 4.74 Å². The molecule has 0 radical (unpaired) electrons. The molecule has 0 aromatic carbocycles. The minimum atomic E-state index is -0.157. The summed E-state index contributed by atoms with van der Waals surface area (Å²) in [6, 6.07) is 0. The highest BCUT2D eigenvalue weighted by Gasteiger charge is 1.95. The van der Waals surface area contributed by atoms with Gasteiger partial charge in [0.1, 0.15) is 0 Å². The van der Waals surface area contributed by atoms with Crippen molar-refractivity contribution < 1.29 is 9.53 Å². The minimum absolute atomic E-state index is 0.157. The highest BCUT2D eigenvalue weighted by Crippen LogP contribution is 2.13. The molecule has 0 aromatic heterocycles. The van der Waals surface area contributed by atoms with Gasteiger partial charge in [0.2, 0.25) is 0 Å². The smallest absolute Gasteiger partial charge is 0.302 e. The summed E-state index contributed by atoms with van der Waals surface area (Å²) in [5.41, 5.74) is 0. The normalized spacial score (nSPS) is 11.4. The summed E-state index contributed by atoms with van der Waals surface area (Å²) in [5.74, 6) is -0.157. The third-order valence-corrected chi connectivity index (χ3v) is 5.46. The van der Waals surface area contributed by atoms with Crippen molar-refractivity contribution in [3.8, 4) is 0 Å². The van der Waals surface area contributed by atoms with Crippen LogP contribution >= 0.6 is 0 Å². The van der Waals surface area contributed by atoms with Gasteiger partial charge in [0.15, 0.2) is 0 Å². The number of hydrogen-bond acceptors (Lipinski definition) is 2. The maximum absolute atomic E-state index is 10.6. The van der Waals surface area contributed by atoms with Crippen LogP contribution in [-0.2, 0) is 9.53 Å². The molecule has 0 saturated carbocycles. The average Bonchev–Trinajstić information content (AvgIpc) is 2.68. The van der Waals surface area contributed by atoms with Gasteiger partial charge < -0.3 is 4.74 Å². The summed E-state index contributed by atoms with van der Waals surface area (Å²) >= 11 is 0. The SMILES string of the molecule is CCCCCCCCCCCCCCC=CCCCCCCCCOC(C)=O. The van der Waals surface area contributed by atoms with Gasteiger partial charge >= 0.3 is 5.97 Å². The summed E-state index contributed by atoms with van der Waals surface area (Å²) < 4.78 is 4.94. The van der Waals surface area contributed by atoms with Crippen molar-refractivity contribution in [2.75, 3.05) is 6.61 Å². The third kappa shape index (κ3) is 25.2. The average molecular weight is 395 g/mol. The van der Waals surface area contributed by atoms with Crippen molar-refractivity contribution in [3.63, 3.8) is 0 Å². The fourth-order valence-electron chi connectivity index (χ4n) is 3.63. The van der Waals surface area contributed by atoms with Crippen LogP contribution in [0.1, 0.15) is 142 Å². The molecule has 0 bridgehead atoms. The first kappa shape index (κ1) is 27.2. The van der Waals surface area contributed by atoms with Crippen LogP contribution in [0.15, 0.2) is 12.2 Å². The Labute approximate surface area is 176 Å². The molecule has 0 fully saturated rings. The Bertz CT molecular complexity index is 335. The zero-order valence-corrected chi connectivity index (χ0v) is 19.3. The minimum Gasteiger partial charge on any atom is -0.466 e. The number of unbranched alkanes of at least 4 members (excludes halogenated alkanes) is 18. The quantitative estimate of drug-likeness (QED) is 0.104. The summed E-state index contributed by atoms with van der Waals surface area (Å²) in [5, 5.41) is 0. The highest BCUT2D eigenvalue weighted by atomic mass is 16.5. The lowest BCUT2D eigenvalue weighted by atomic mass is 10.0. The Morgan fingerprint density at radius 1 is 0.571 bits per heavy atom. The van der Waals surface area contributed by atoms with Crippen LogP contribution in [0.3, 0.4) is 0 Å². The van der Waals surface area contributed by atoms with E-state index in [1.54, 1.807) is 0 Å². The van der Waals surface area contributed by atoms with Gasteiger partial charge in [0.25, 0.3) is 0 Å². The molecule has 2 nitrogen and oxygen atoms in total. The first-order valence-corrected chi connectivity index (χ1v) is 12.6. The maximum atomic E-state index is 10.6. The third-order valence-electron chi connectivity index (χ3n) is 5.46. The zero-order chi connectivity index (χ0) is 20.5. The van der Waals surface area contributed by atoms with Crippen molar-refractivity contribution in [1.29, 1.82) is 0 Å². The number of hydrogen-bond donors (Lipinski definition) is 0. The van der Waals surface area contributed by atoms with Crippen molar-refractivity contribution in [1.82, 2.24) is 0 Å². The Kier molecular flexibility index (Phi) is 23.6. The van der Waals surface area contributed by atoms with Gasteiger partial charge in [-0.05, 0) is 32.1 Å². The molecule has 0 heterocycles. The zero-order valence-electron chi connectivity index (χ0n) is 19.3. The second kappa shape index (κ2) is 24.2. The van der Waals surface area contributed by atoms with Gasteiger partial charge in [0, 0.05) is 6.92 Å². The molecule has 0 atom stereocenters. The first-order chi connectivity index (χ1) is 13.8. The highest BCUT2D eigenvalue weighted by molar-refractivity contribution is 5.65. The molecule has 0 amide bonds. The van der Waals surface area contributed by atoms with Crippen LogP contribution in [0.4, 0.5) is 0 Å². The Morgan fingerprint density at radius 3 is 1.32 bits per heavy atom. The number of esters is 1. The van der Waals surface area contributed by atoms with Crippen LogP contribution < -0.4 is 0 Å². The number of ether oxygens (including phenoxy) is 1. The fraction of sp³-hybridized carbons (Fsp3) is 0.885. The molecule has 0 aromatic rings.